The number of anilines is 1. The molecule has 0 radical (unpaired) electrons. The summed E-state index contributed by atoms with van der Waals surface area (Å²) in [7, 11) is 1.98. The van der Waals surface area contributed by atoms with Crippen LogP contribution < -0.4 is 10.2 Å². The molecule has 1 heterocycles. The van der Waals surface area contributed by atoms with Crippen molar-refractivity contribution in [1.82, 2.24) is 5.32 Å². The number of rotatable bonds is 3. The summed E-state index contributed by atoms with van der Waals surface area (Å²) >= 11 is 5.92. The van der Waals surface area contributed by atoms with E-state index in [1.807, 2.05) is 14.0 Å². The van der Waals surface area contributed by atoms with Crippen molar-refractivity contribution in [2.24, 2.45) is 0 Å². The van der Waals surface area contributed by atoms with E-state index in [0.717, 1.165) is 24.3 Å². The number of nitro groups is 1. The molecule has 1 aliphatic heterocycles. The zero-order chi connectivity index (χ0) is 12.6. The van der Waals surface area contributed by atoms with E-state index in [-0.39, 0.29) is 10.7 Å². The number of hydrogen-bond acceptors (Lipinski definition) is 4. The molecule has 5 nitrogen and oxygen atoms in total. The van der Waals surface area contributed by atoms with E-state index >= 15 is 0 Å². The van der Waals surface area contributed by atoms with Crippen LogP contribution in [0.15, 0.2) is 12.1 Å². The van der Waals surface area contributed by atoms with Gasteiger partial charge in [-0.05, 0) is 18.6 Å². The van der Waals surface area contributed by atoms with E-state index < -0.39 is 4.92 Å². The predicted molar refractivity (Wildman–Crippen MR) is 67.9 cm³/mol. The molecule has 0 bridgehead atoms. The van der Waals surface area contributed by atoms with Crippen LogP contribution in [0, 0.1) is 17.0 Å². The number of hydrogen-bond donors (Lipinski definition) is 1. The van der Waals surface area contributed by atoms with Gasteiger partial charge in [0.25, 0.3) is 5.69 Å². The minimum Gasteiger partial charge on any atom is -0.369 e. The Hall–Kier alpha value is -1.33. The zero-order valence-electron chi connectivity index (χ0n) is 9.74. The van der Waals surface area contributed by atoms with E-state index in [4.69, 9.17) is 11.6 Å². The highest BCUT2D eigenvalue weighted by molar-refractivity contribution is 6.33. The summed E-state index contributed by atoms with van der Waals surface area (Å²) in [6.45, 7) is 3.73. The summed E-state index contributed by atoms with van der Waals surface area (Å²) in [5, 5.41) is 14.1. The molecule has 0 spiro atoms. The smallest absolute Gasteiger partial charge is 0.288 e. The van der Waals surface area contributed by atoms with Gasteiger partial charge in [-0.25, -0.2) is 0 Å². The molecule has 92 valence electrons. The molecule has 1 aliphatic rings. The first-order valence-corrected chi connectivity index (χ1v) is 5.76. The Morgan fingerprint density at radius 1 is 1.53 bits per heavy atom. The highest BCUT2D eigenvalue weighted by Gasteiger charge is 2.24. The Morgan fingerprint density at radius 3 is 2.65 bits per heavy atom. The first-order valence-electron chi connectivity index (χ1n) is 5.39. The lowest BCUT2D eigenvalue weighted by Gasteiger charge is -2.37. The fraction of sp³-hybridized carbons (Fsp3) is 0.455. The summed E-state index contributed by atoms with van der Waals surface area (Å²) in [5.74, 6) is 0. The van der Waals surface area contributed by atoms with Gasteiger partial charge in [-0.2, -0.15) is 0 Å². The van der Waals surface area contributed by atoms with Crippen molar-refractivity contribution in [2.45, 2.75) is 13.0 Å². The van der Waals surface area contributed by atoms with Crippen LogP contribution in [0.4, 0.5) is 11.4 Å². The van der Waals surface area contributed by atoms with Crippen LogP contribution in [0.2, 0.25) is 5.02 Å². The van der Waals surface area contributed by atoms with Crippen molar-refractivity contribution in [3.05, 3.63) is 32.8 Å². The molecule has 2 rings (SSSR count). The zero-order valence-corrected chi connectivity index (χ0v) is 10.5. The van der Waals surface area contributed by atoms with Crippen molar-refractivity contribution in [3.63, 3.8) is 0 Å². The van der Waals surface area contributed by atoms with E-state index in [1.54, 1.807) is 6.07 Å². The Kier molecular flexibility index (Phi) is 3.22. The van der Waals surface area contributed by atoms with Crippen LogP contribution in [0.1, 0.15) is 5.56 Å². The lowest BCUT2D eigenvalue weighted by molar-refractivity contribution is -0.384. The second-order valence-corrected chi connectivity index (χ2v) is 4.68. The maximum Gasteiger partial charge on any atom is 0.288 e. The summed E-state index contributed by atoms with van der Waals surface area (Å²) in [6.07, 6.45) is 0. The number of nitrogens with zero attached hydrogens (tertiary/aromatic N) is 2. The Balaban J connectivity index is 2.35. The van der Waals surface area contributed by atoms with E-state index in [2.05, 4.69) is 10.2 Å². The molecule has 1 aromatic carbocycles. The third-order valence-electron chi connectivity index (χ3n) is 3.15. The quantitative estimate of drug-likeness (QED) is 0.663. The Labute approximate surface area is 105 Å². The normalized spacial score (nSPS) is 15.5. The average molecular weight is 256 g/mol. The van der Waals surface area contributed by atoms with Gasteiger partial charge in [0.1, 0.15) is 5.02 Å². The Morgan fingerprint density at radius 2 is 2.18 bits per heavy atom. The molecule has 1 aromatic rings. The largest absolute Gasteiger partial charge is 0.369 e. The van der Waals surface area contributed by atoms with Crippen LogP contribution in [0.25, 0.3) is 0 Å². The molecule has 0 amide bonds. The van der Waals surface area contributed by atoms with Crippen LogP contribution in [0.5, 0.6) is 0 Å². The Bertz CT molecular complexity index is 460. The van der Waals surface area contributed by atoms with Crippen LogP contribution in [-0.2, 0) is 0 Å². The van der Waals surface area contributed by atoms with Crippen molar-refractivity contribution < 1.29 is 4.92 Å². The van der Waals surface area contributed by atoms with Gasteiger partial charge in [0.05, 0.1) is 11.0 Å². The minimum atomic E-state index is -0.454. The first kappa shape index (κ1) is 12.1. The summed E-state index contributed by atoms with van der Waals surface area (Å²) < 4.78 is 0. The molecule has 0 atom stereocenters. The van der Waals surface area contributed by atoms with E-state index in [1.165, 1.54) is 6.07 Å². The van der Waals surface area contributed by atoms with Crippen LogP contribution in [0.3, 0.4) is 0 Å². The van der Waals surface area contributed by atoms with Gasteiger partial charge in [0, 0.05) is 31.9 Å². The lowest BCUT2D eigenvalue weighted by Crippen LogP contribution is -2.56. The molecule has 0 unspecified atom stereocenters. The molecule has 17 heavy (non-hydrogen) atoms. The van der Waals surface area contributed by atoms with Gasteiger partial charge in [-0.3, -0.25) is 10.1 Å². The van der Waals surface area contributed by atoms with Gasteiger partial charge >= 0.3 is 0 Å². The summed E-state index contributed by atoms with van der Waals surface area (Å²) in [5.41, 5.74) is 1.79. The highest BCUT2D eigenvalue weighted by atomic mass is 35.5. The monoisotopic (exact) mass is 255 g/mol. The minimum absolute atomic E-state index is 0.0342. The van der Waals surface area contributed by atoms with Gasteiger partial charge in [0.2, 0.25) is 0 Å². The second-order valence-electron chi connectivity index (χ2n) is 4.27. The molecular formula is C11H14ClN3O2. The second kappa shape index (κ2) is 4.50. The van der Waals surface area contributed by atoms with Gasteiger partial charge in [0.15, 0.2) is 0 Å². The SMILES string of the molecule is Cc1cc([N+](=O)[O-])c(Cl)cc1N(C)C1CNC1. The molecular weight excluding hydrogens is 242 g/mol. The molecule has 0 aliphatic carbocycles. The summed E-state index contributed by atoms with van der Waals surface area (Å²) in [4.78, 5) is 12.4. The first-order chi connectivity index (χ1) is 8.00. The molecule has 1 saturated heterocycles. The number of benzene rings is 1. The molecule has 0 saturated carbocycles. The highest BCUT2D eigenvalue weighted by Crippen LogP contribution is 2.33. The van der Waals surface area contributed by atoms with Crippen molar-refractivity contribution in [2.75, 3.05) is 25.0 Å². The maximum atomic E-state index is 10.8. The van der Waals surface area contributed by atoms with E-state index in [0.29, 0.717) is 6.04 Å². The van der Waals surface area contributed by atoms with Crippen molar-refractivity contribution in [1.29, 1.82) is 0 Å². The fourth-order valence-electron chi connectivity index (χ4n) is 1.92. The lowest BCUT2D eigenvalue weighted by atomic mass is 10.1. The standard InChI is InChI=1S/C11H14ClN3O2/c1-7-3-11(15(16)17)9(12)4-10(7)14(2)8-5-13-6-8/h3-4,8,13H,5-6H2,1-2H3. The number of nitrogens with one attached hydrogen (secondary N) is 1. The third kappa shape index (κ3) is 2.21. The summed E-state index contributed by atoms with van der Waals surface area (Å²) in [6, 6.07) is 3.64. The molecule has 6 heteroatoms. The molecule has 0 aromatic heterocycles. The number of likely N-dealkylation sites (N-methyl/N-ethyl adjacent to an activating group) is 1. The molecule has 1 N–H and O–H groups in total. The number of nitro benzene ring substituents is 1. The topological polar surface area (TPSA) is 58.4 Å². The fourth-order valence-corrected chi connectivity index (χ4v) is 2.15. The van der Waals surface area contributed by atoms with Crippen LogP contribution in [-0.4, -0.2) is 31.1 Å². The molecule has 1 fully saturated rings. The number of halogens is 1. The van der Waals surface area contributed by atoms with E-state index in [9.17, 15) is 10.1 Å². The van der Waals surface area contributed by atoms with Crippen LogP contribution >= 0.6 is 11.6 Å². The predicted octanol–water partition coefficient (Wildman–Crippen LogP) is 1.96. The third-order valence-corrected chi connectivity index (χ3v) is 3.45. The van der Waals surface area contributed by atoms with Crippen molar-refractivity contribution >= 4 is 23.0 Å². The van der Waals surface area contributed by atoms with Crippen molar-refractivity contribution in [3.8, 4) is 0 Å². The van der Waals surface area contributed by atoms with Gasteiger partial charge in [-0.15, -0.1) is 0 Å². The average Bonchev–Trinajstić information content (AvgIpc) is 2.17. The van der Waals surface area contributed by atoms with Gasteiger partial charge in [-0.1, -0.05) is 11.6 Å². The maximum absolute atomic E-state index is 10.8. The van der Waals surface area contributed by atoms with Gasteiger partial charge < -0.3 is 10.2 Å². The number of aryl methyl sites for hydroxylation is 1.